The van der Waals surface area contributed by atoms with Gasteiger partial charge >= 0.3 is 5.97 Å². The van der Waals surface area contributed by atoms with Crippen molar-refractivity contribution in [2.45, 2.75) is 12.8 Å². The van der Waals surface area contributed by atoms with Crippen molar-refractivity contribution in [2.24, 2.45) is 11.8 Å². The van der Waals surface area contributed by atoms with Crippen LogP contribution in [0.2, 0.25) is 0 Å². The van der Waals surface area contributed by atoms with Crippen molar-refractivity contribution in [1.82, 2.24) is 0 Å². The Labute approximate surface area is 59.4 Å². The number of hydrogen-bond donors (Lipinski definition) is 0. The molecule has 0 aromatic carbocycles. The van der Waals surface area contributed by atoms with Gasteiger partial charge in [0.05, 0.1) is 7.11 Å². The fourth-order valence-corrected chi connectivity index (χ4v) is 0.970. The maximum absolute atomic E-state index is 10.6. The van der Waals surface area contributed by atoms with Gasteiger partial charge in [-0.25, -0.2) is 0 Å². The van der Waals surface area contributed by atoms with Gasteiger partial charge in [-0.05, 0) is 12.3 Å². The molecule has 10 heavy (non-hydrogen) atoms. The van der Waals surface area contributed by atoms with Crippen LogP contribution in [0.25, 0.3) is 0 Å². The second-order valence-electron chi connectivity index (χ2n) is 2.58. The molecule has 2 atom stereocenters. The normalized spacial score (nSPS) is 29.3. The molecule has 56 valence electrons. The van der Waals surface area contributed by atoms with Crippen molar-refractivity contribution in [2.75, 3.05) is 7.11 Å². The molecular weight excluding hydrogens is 132 g/mol. The van der Waals surface area contributed by atoms with E-state index in [1.165, 1.54) is 7.11 Å². The van der Waals surface area contributed by atoms with E-state index in [9.17, 15) is 9.59 Å². The lowest BCUT2D eigenvalue weighted by Gasteiger charge is -1.93. The fourth-order valence-electron chi connectivity index (χ4n) is 0.970. The van der Waals surface area contributed by atoms with E-state index >= 15 is 0 Å². The summed E-state index contributed by atoms with van der Waals surface area (Å²) in [7, 11) is 1.36. The van der Waals surface area contributed by atoms with Gasteiger partial charge < -0.3 is 9.53 Å². The minimum atomic E-state index is -0.214. The summed E-state index contributed by atoms with van der Waals surface area (Å²) in [6.07, 6.45) is 2.17. The monoisotopic (exact) mass is 142 g/mol. The van der Waals surface area contributed by atoms with Gasteiger partial charge in [-0.1, -0.05) is 0 Å². The first-order chi connectivity index (χ1) is 4.77. The highest BCUT2D eigenvalue weighted by Crippen LogP contribution is 2.39. The molecular formula is C7H10O3. The molecule has 1 aliphatic carbocycles. The van der Waals surface area contributed by atoms with Crippen molar-refractivity contribution >= 4 is 12.3 Å². The zero-order chi connectivity index (χ0) is 7.56. The van der Waals surface area contributed by atoms with Gasteiger partial charge in [-0.3, -0.25) is 4.79 Å². The Morgan fingerprint density at radius 2 is 2.50 bits per heavy atom. The lowest BCUT2D eigenvalue weighted by Crippen LogP contribution is -2.01. The quantitative estimate of drug-likeness (QED) is 0.422. The van der Waals surface area contributed by atoms with Crippen molar-refractivity contribution in [3.05, 3.63) is 0 Å². The first kappa shape index (κ1) is 7.25. The van der Waals surface area contributed by atoms with Gasteiger partial charge in [-0.2, -0.15) is 0 Å². The van der Waals surface area contributed by atoms with Crippen molar-refractivity contribution in [3.8, 4) is 0 Å². The summed E-state index contributed by atoms with van der Waals surface area (Å²) in [6.45, 7) is 0. The van der Waals surface area contributed by atoms with Gasteiger partial charge in [0, 0.05) is 12.3 Å². The van der Waals surface area contributed by atoms with Crippen LogP contribution in [0.5, 0.6) is 0 Å². The van der Waals surface area contributed by atoms with Crippen LogP contribution in [0.4, 0.5) is 0 Å². The number of methoxy groups -OCH3 is 1. The maximum atomic E-state index is 10.6. The number of aldehydes is 1. The predicted molar refractivity (Wildman–Crippen MR) is 34.3 cm³/mol. The number of rotatable bonds is 3. The summed E-state index contributed by atoms with van der Waals surface area (Å²) in [5.74, 6) is 0.179. The van der Waals surface area contributed by atoms with Gasteiger partial charge in [0.15, 0.2) is 0 Å². The van der Waals surface area contributed by atoms with Gasteiger partial charge in [-0.15, -0.1) is 0 Å². The van der Waals surface area contributed by atoms with Gasteiger partial charge in [0.1, 0.15) is 6.29 Å². The van der Waals surface area contributed by atoms with Crippen molar-refractivity contribution < 1.29 is 14.3 Å². The Balaban J connectivity index is 2.17. The van der Waals surface area contributed by atoms with Crippen LogP contribution in [0, 0.1) is 11.8 Å². The first-order valence-corrected chi connectivity index (χ1v) is 3.30. The van der Waals surface area contributed by atoms with Crippen molar-refractivity contribution in [1.29, 1.82) is 0 Å². The summed E-state index contributed by atoms with van der Waals surface area (Å²) < 4.78 is 4.44. The Morgan fingerprint density at radius 1 is 1.80 bits per heavy atom. The average molecular weight is 142 g/mol. The van der Waals surface area contributed by atoms with Crippen LogP contribution in [0.15, 0.2) is 0 Å². The van der Waals surface area contributed by atoms with Crippen LogP contribution < -0.4 is 0 Å². The summed E-state index contributed by atoms with van der Waals surface area (Å²) in [5.41, 5.74) is 0. The first-order valence-electron chi connectivity index (χ1n) is 3.30. The zero-order valence-electron chi connectivity index (χ0n) is 5.87. The predicted octanol–water partition coefficient (Wildman–Crippen LogP) is 0.384. The lowest BCUT2D eigenvalue weighted by molar-refractivity contribution is -0.141. The largest absolute Gasteiger partial charge is 0.469 e. The van der Waals surface area contributed by atoms with E-state index < -0.39 is 0 Å². The minimum Gasteiger partial charge on any atom is -0.469 e. The van der Waals surface area contributed by atoms with E-state index in [-0.39, 0.29) is 17.8 Å². The smallest absolute Gasteiger partial charge is 0.305 e. The Bertz CT molecular complexity index is 153. The van der Waals surface area contributed by atoms with E-state index in [4.69, 9.17) is 0 Å². The molecule has 0 aromatic heterocycles. The Morgan fingerprint density at radius 3 is 2.90 bits per heavy atom. The molecule has 0 radical (unpaired) electrons. The van der Waals surface area contributed by atoms with Gasteiger partial charge in [0.2, 0.25) is 0 Å². The zero-order valence-corrected chi connectivity index (χ0v) is 5.87. The highest BCUT2D eigenvalue weighted by molar-refractivity contribution is 5.71. The molecule has 0 heterocycles. The van der Waals surface area contributed by atoms with Gasteiger partial charge in [0.25, 0.3) is 0 Å². The lowest BCUT2D eigenvalue weighted by atomic mass is 10.2. The van der Waals surface area contributed by atoms with E-state index in [1.54, 1.807) is 0 Å². The molecule has 1 fully saturated rings. The second kappa shape index (κ2) is 2.82. The summed E-state index contributed by atoms with van der Waals surface area (Å²) >= 11 is 0. The Kier molecular flexibility index (Phi) is 2.04. The summed E-state index contributed by atoms with van der Waals surface area (Å²) in [5, 5.41) is 0. The SMILES string of the molecule is COC(=O)C[C@@H]1C[C@H]1C=O. The molecule has 3 nitrogen and oxygen atoms in total. The van der Waals surface area contributed by atoms with Crippen LogP contribution in [0.1, 0.15) is 12.8 Å². The van der Waals surface area contributed by atoms with Crippen LogP contribution in [-0.4, -0.2) is 19.4 Å². The van der Waals surface area contributed by atoms with E-state index in [0.717, 1.165) is 12.7 Å². The number of hydrogen-bond acceptors (Lipinski definition) is 3. The standard InChI is InChI=1S/C7H10O3/c1-10-7(9)3-5-2-6(5)4-8/h4-6H,2-3H2,1H3/t5-,6-/m0/s1. The number of carbonyl (C=O) groups excluding carboxylic acids is 2. The molecule has 0 saturated heterocycles. The minimum absolute atomic E-state index is 0.124. The van der Waals surface area contributed by atoms with E-state index in [1.807, 2.05) is 0 Å². The van der Waals surface area contributed by atoms with Crippen LogP contribution in [-0.2, 0) is 14.3 Å². The fraction of sp³-hybridized carbons (Fsp3) is 0.714. The topological polar surface area (TPSA) is 43.4 Å². The molecule has 1 saturated carbocycles. The molecule has 3 heteroatoms. The molecule has 0 amide bonds. The Hall–Kier alpha value is -0.860. The van der Waals surface area contributed by atoms with Crippen LogP contribution in [0.3, 0.4) is 0 Å². The van der Waals surface area contributed by atoms with E-state index in [0.29, 0.717) is 6.42 Å². The summed E-state index contributed by atoms with van der Waals surface area (Å²) in [4.78, 5) is 20.7. The molecule has 1 aliphatic rings. The second-order valence-corrected chi connectivity index (χ2v) is 2.58. The summed E-state index contributed by atoms with van der Waals surface area (Å²) in [6, 6.07) is 0. The molecule has 0 aromatic rings. The highest BCUT2D eigenvalue weighted by atomic mass is 16.5. The third-order valence-corrected chi connectivity index (χ3v) is 1.81. The number of esters is 1. The van der Waals surface area contributed by atoms with E-state index in [2.05, 4.69) is 4.74 Å². The number of ether oxygens (including phenoxy) is 1. The molecule has 1 rings (SSSR count). The molecule has 0 N–H and O–H groups in total. The van der Waals surface area contributed by atoms with Crippen LogP contribution >= 0.6 is 0 Å². The maximum Gasteiger partial charge on any atom is 0.305 e. The highest BCUT2D eigenvalue weighted by Gasteiger charge is 2.38. The molecule has 0 spiro atoms. The average Bonchev–Trinajstić information content (AvgIpc) is 2.67. The molecule has 0 aliphatic heterocycles. The third-order valence-electron chi connectivity index (χ3n) is 1.81. The molecule has 0 bridgehead atoms. The number of carbonyl (C=O) groups is 2. The molecule has 0 unspecified atom stereocenters. The third kappa shape index (κ3) is 1.56. The van der Waals surface area contributed by atoms with Crippen molar-refractivity contribution in [3.63, 3.8) is 0 Å².